The van der Waals surface area contributed by atoms with Crippen LogP contribution in [0.1, 0.15) is 67.2 Å². The molecule has 9 heteroatoms. The summed E-state index contributed by atoms with van der Waals surface area (Å²) in [4.78, 5) is 46.9. The second kappa shape index (κ2) is 10.7. The zero-order valence-corrected chi connectivity index (χ0v) is 17.1. The molecule has 0 radical (unpaired) electrons. The number of carbonyl (C=O) groups is 4. The fourth-order valence-corrected chi connectivity index (χ4v) is 1.95. The first kappa shape index (κ1) is 24.7. The molecule has 0 aliphatic carbocycles. The van der Waals surface area contributed by atoms with Crippen LogP contribution in [0.2, 0.25) is 0 Å². The molecule has 1 atom stereocenters. The third kappa shape index (κ3) is 14.5. The minimum Gasteiger partial charge on any atom is -0.460 e. The van der Waals surface area contributed by atoms with Crippen LogP contribution in [0, 0.1) is 0 Å². The van der Waals surface area contributed by atoms with Crippen molar-refractivity contribution in [1.29, 1.82) is 0 Å². The molecule has 0 aliphatic heterocycles. The number of carbonyl (C=O) groups excluding carboxylic acids is 4. The summed E-state index contributed by atoms with van der Waals surface area (Å²) in [5.74, 6) is -1.57. The van der Waals surface area contributed by atoms with Crippen molar-refractivity contribution in [2.45, 2.75) is 84.5 Å². The van der Waals surface area contributed by atoms with E-state index in [9.17, 15) is 19.2 Å². The van der Waals surface area contributed by atoms with Crippen LogP contribution in [0.4, 0.5) is 4.79 Å². The number of nitrogens with one attached hydrogen (secondary N) is 2. The lowest BCUT2D eigenvalue weighted by Crippen LogP contribution is -2.48. The molecule has 27 heavy (non-hydrogen) atoms. The smallest absolute Gasteiger partial charge is 0.329 e. The molecular weight excluding hydrogens is 354 g/mol. The average molecular weight is 387 g/mol. The van der Waals surface area contributed by atoms with Gasteiger partial charge in [0, 0.05) is 19.4 Å². The van der Waals surface area contributed by atoms with Gasteiger partial charge < -0.3 is 25.8 Å². The maximum absolute atomic E-state index is 12.3. The van der Waals surface area contributed by atoms with Crippen LogP contribution in [-0.4, -0.2) is 47.7 Å². The molecule has 0 spiro atoms. The van der Waals surface area contributed by atoms with Crippen LogP contribution in [0.25, 0.3) is 0 Å². The van der Waals surface area contributed by atoms with E-state index in [1.807, 2.05) is 0 Å². The molecule has 0 bridgehead atoms. The van der Waals surface area contributed by atoms with Crippen LogP contribution in [0.3, 0.4) is 0 Å². The van der Waals surface area contributed by atoms with Gasteiger partial charge in [-0.15, -0.1) is 0 Å². The van der Waals surface area contributed by atoms with Gasteiger partial charge in [0.05, 0.1) is 0 Å². The molecule has 0 aromatic rings. The molecule has 1 unspecified atom stereocenters. The molecule has 0 heterocycles. The van der Waals surface area contributed by atoms with Crippen LogP contribution >= 0.6 is 0 Å². The Balaban J connectivity index is 4.73. The van der Waals surface area contributed by atoms with Gasteiger partial charge in [0.1, 0.15) is 17.2 Å². The maximum Gasteiger partial charge on any atom is 0.329 e. The first-order valence-electron chi connectivity index (χ1n) is 8.97. The first-order chi connectivity index (χ1) is 12.2. The van der Waals surface area contributed by atoms with E-state index in [0.717, 1.165) is 0 Å². The summed E-state index contributed by atoms with van der Waals surface area (Å²) in [5, 5.41) is 5.03. The number of rotatable bonds is 9. The van der Waals surface area contributed by atoms with E-state index >= 15 is 0 Å². The van der Waals surface area contributed by atoms with Crippen molar-refractivity contribution in [3.8, 4) is 0 Å². The Labute approximate surface area is 160 Å². The van der Waals surface area contributed by atoms with Gasteiger partial charge in [-0.05, 0) is 54.4 Å². The largest absolute Gasteiger partial charge is 0.460 e. The van der Waals surface area contributed by atoms with Crippen LogP contribution in [0.5, 0.6) is 0 Å². The van der Waals surface area contributed by atoms with Crippen molar-refractivity contribution in [2.75, 3.05) is 6.54 Å². The third-order valence-corrected chi connectivity index (χ3v) is 2.94. The SMILES string of the molecule is CC(C)(C)OC(=O)CCC(NC(=O)NCCCC(N)=O)C(=O)OC(C)(C)C. The van der Waals surface area contributed by atoms with Crippen molar-refractivity contribution in [3.05, 3.63) is 0 Å². The Morgan fingerprint density at radius 3 is 1.96 bits per heavy atom. The van der Waals surface area contributed by atoms with Crippen molar-refractivity contribution >= 4 is 23.9 Å². The van der Waals surface area contributed by atoms with E-state index in [4.69, 9.17) is 15.2 Å². The highest BCUT2D eigenvalue weighted by Gasteiger charge is 2.28. The number of urea groups is 1. The fourth-order valence-electron chi connectivity index (χ4n) is 1.95. The van der Waals surface area contributed by atoms with Crippen LogP contribution < -0.4 is 16.4 Å². The molecule has 0 aromatic heterocycles. The minimum absolute atomic E-state index is 0.0402. The Hall–Kier alpha value is -2.32. The van der Waals surface area contributed by atoms with Gasteiger partial charge in [-0.1, -0.05) is 0 Å². The van der Waals surface area contributed by atoms with Gasteiger partial charge in [0.25, 0.3) is 0 Å². The van der Waals surface area contributed by atoms with Crippen molar-refractivity contribution in [1.82, 2.24) is 10.6 Å². The van der Waals surface area contributed by atoms with E-state index in [1.165, 1.54) is 0 Å². The molecule has 3 amide bonds. The lowest BCUT2D eigenvalue weighted by molar-refractivity contribution is -0.158. The number of nitrogens with two attached hydrogens (primary N) is 1. The molecule has 0 saturated heterocycles. The second-order valence-electron chi connectivity index (χ2n) is 8.18. The van der Waals surface area contributed by atoms with Crippen LogP contribution in [-0.2, 0) is 23.9 Å². The second-order valence-corrected chi connectivity index (χ2v) is 8.18. The lowest BCUT2D eigenvalue weighted by Gasteiger charge is -2.25. The normalized spacial score (nSPS) is 12.7. The van der Waals surface area contributed by atoms with E-state index < -0.39 is 41.1 Å². The third-order valence-electron chi connectivity index (χ3n) is 2.94. The quantitative estimate of drug-likeness (QED) is 0.404. The molecule has 9 nitrogen and oxygen atoms in total. The van der Waals surface area contributed by atoms with Crippen molar-refractivity contribution in [2.24, 2.45) is 5.73 Å². The fraction of sp³-hybridized carbons (Fsp3) is 0.778. The highest BCUT2D eigenvalue weighted by Crippen LogP contribution is 2.13. The number of hydrogen-bond acceptors (Lipinski definition) is 6. The first-order valence-corrected chi connectivity index (χ1v) is 8.97. The summed E-state index contributed by atoms with van der Waals surface area (Å²) >= 11 is 0. The van der Waals surface area contributed by atoms with Crippen molar-refractivity contribution < 1.29 is 28.7 Å². The highest BCUT2D eigenvalue weighted by molar-refractivity contribution is 5.84. The average Bonchev–Trinajstić information content (AvgIpc) is 2.44. The van der Waals surface area contributed by atoms with Gasteiger partial charge >= 0.3 is 18.0 Å². The van der Waals surface area contributed by atoms with Crippen LogP contribution in [0.15, 0.2) is 0 Å². The number of primary amides is 1. The van der Waals surface area contributed by atoms with E-state index in [2.05, 4.69) is 10.6 Å². The molecule has 4 N–H and O–H groups in total. The molecule has 0 fully saturated rings. The zero-order valence-electron chi connectivity index (χ0n) is 17.1. The molecule has 0 saturated carbocycles. The Kier molecular flexibility index (Phi) is 9.82. The molecule has 0 aliphatic rings. The van der Waals surface area contributed by atoms with Crippen molar-refractivity contribution in [3.63, 3.8) is 0 Å². The number of amides is 3. The summed E-state index contributed by atoms with van der Waals surface area (Å²) in [6.45, 7) is 10.6. The molecular formula is C18H33N3O6. The topological polar surface area (TPSA) is 137 Å². The summed E-state index contributed by atoms with van der Waals surface area (Å²) in [5.41, 5.74) is 3.66. The molecule has 0 aromatic carbocycles. The van der Waals surface area contributed by atoms with Gasteiger partial charge in [-0.25, -0.2) is 9.59 Å². The summed E-state index contributed by atoms with van der Waals surface area (Å²) in [7, 11) is 0. The summed E-state index contributed by atoms with van der Waals surface area (Å²) < 4.78 is 10.5. The predicted molar refractivity (Wildman–Crippen MR) is 99.7 cm³/mol. The van der Waals surface area contributed by atoms with Gasteiger partial charge in [-0.2, -0.15) is 0 Å². The number of esters is 2. The zero-order chi connectivity index (χ0) is 21.3. The van der Waals surface area contributed by atoms with E-state index in [1.54, 1.807) is 41.5 Å². The van der Waals surface area contributed by atoms with Gasteiger partial charge in [-0.3, -0.25) is 9.59 Å². The minimum atomic E-state index is -1.01. The Morgan fingerprint density at radius 1 is 0.926 bits per heavy atom. The van der Waals surface area contributed by atoms with E-state index in [-0.39, 0.29) is 25.8 Å². The monoisotopic (exact) mass is 387 g/mol. The summed E-state index contributed by atoms with van der Waals surface area (Å²) in [6.07, 6.45) is 0.522. The lowest BCUT2D eigenvalue weighted by atomic mass is 10.1. The van der Waals surface area contributed by atoms with Gasteiger partial charge in [0.2, 0.25) is 5.91 Å². The predicted octanol–water partition coefficient (Wildman–Crippen LogP) is 1.38. The Bertz CT molecular complexity index is 534. The Morgan fingerprint density at radius 2 is 1.48 bits per heavy atom. The van der Waals surface area contributed by atoms with E-state index in [0.29, 0.717) is 6.42 Å². The number of ether oxygens (including phenoxy) is 2. The maximum atomic E-state index is 12.3. The standard InChI is InChI=1S/C18H33N3O6/c1-17(2,3)26-14(23)10-9-12(15(24)27-18(4,5)6)21-16(25)20-11-7-8-13(19)22/h12H,7-11H2,1-6H3,(H2,19,22)(H2,20,21,25). The number of hydrogen-bond donors (Lipinski definition) is 3. The summed E-state index contributed by atoms with van der Waals surface area (Å²) in [6, 6.07) is -1.60. The highest BCUT2D eigenvalue weighted by atomic mass is 16.6. The molecule has 156 valence electrons. The van der Waals surface area contributed by atoms with Gasteiger partial charge in [0.15, 0.2) is 0 Å². The molecule has 0 rings (SSSR count).